The third-order valence-corrected chi connectivity index (χ3v) is 9.38. The topological polar surface area (TPSA) is 143 Å². The van der Waals surface area contributed by atoms with Gasteiger partial charge in [0.05, 0.1) is 23.0 Å². The molecule has 37 heavy (non-hydrogen) atoms. The molecule has 3 unspecified atom stereocenters. The van der Waals surface area contributed by atoms with Gasteiger partial charge in [0.15, 0.2) is 20.9 Å². The van der Waals surface area contributed by atoms with Gasteiger partial charge in [-0.3, -0.25) is 14.0 Å². The predicted octanol–water partition coefficient (Wildman–Crippen LogP) is 3.03. The second kappa shape index (κ2) is 12.3. The van der Waals surface area contributed by atoms with Crippen molar-refractivity contribution >= 4 is 37.6 Å². The molecule has 200 valence electrons. The van der Waals surface area contributed by atoms with Crippen LogP contribution in [-0.4, -0.2) is 57.4 Å². The molecule has 1 aliphatic carbocycles. The van der Waals surface area contributed by atoms with E-state index >= 15 is 0 Å². The van der Waals surface area contributed by atoms with Crippen LogP contribution in [-0.2, 0) is 35.4 Å². The zero-order chi connectivity index (χ0) is 27.1. The molecule has 1 N–H and O–H groups in total. The summed E-state index contributed by atoms with van der Waals surface area (Å²) in [5, 5.41) is 11.2. The van der Waals surface area contributed by atoms with E-state index in [0.717, 1.165) is 18.0 Å². The number of carbonyl (C=O) groups is 1. The van der Waals surface area contributed by atoms with Gasteiger partial charge in [0, 0.05) is 29.1 Å². The number of aromatic nitrogens is 1. The van der Waals surface area contributed by atoms with E-state index in [9.17, 15) is 26.0 Å². The Balaban J connectivity index is 1.78. The first-order chi connectivity index (χ1) is 17.4. The summed E-state index contributed by atoms with van der Waals surface area (Å²) in [4.78, 5) is 17.6. The first-order valence-electron chi connectivity index (χ1n) is 11.5. The minimum Gasteiger partial charge on any atom is -0.340 e. The molecule has 1 aromatic heterocycles. The summed E-state index contributed by atoms with van der Waals surface area (Å²) in [7, 11) is -8.09. The molecule has 13 heteroatoms. The number of amides is 1. The first-order valence-corrected chi connectivity index (χ1v) is 15.9. The van der Waals surface area contributed by atoms with Crippen LogP contribution in [0.5, 0.6) is 0 Å². The molecule has 1 amide bonds. The molecular formula is C24H28FN3O6S3. The molecule has 3 rings (SSSR count). The number of halogens is 1. The van der Waals surface area contributed by atoms with Crippen LogP contribution in [0.1, 0.15) is 31.4 Å². The molecule has 0 saturated heterocycles. The van der Waals surface area contributed by atoms with Crippen molar-refractivity contribution in [3.05, 3.63) is 54.4 Å². The molecule has 1 heterocycles. The highest BCUT2D eigenvalue weighted by Crippen LogP contribution is 2.40. The maximum Gasteiger partial charge on any atom is 0.265 e. The molecule has 0 spiro atoms. The SMILES string of the molecule is CS(=O)(=O)OC1(C(=O)NCC#N)CCCCC1CS(=O)(=O)c1ccc(SC(F)Cc2ccccn2)cc1. The van der Waals surface area contributed by atoms with Gasteiger partial charge >= 0.3 is 0 Å². The fourth-order valence-electron chi connectivity index (χ4n) is 4.38. The van der Waals surface area contributed by atoms with Crippen molar-refractivity contribution < 1.29 is 30.2 Å². The van der Waals surface area contributed by atoms with E-state index in [1.54, 1.807) is 30.5 Å². The lowest BCUT2D eigenvalue weighted by Crippen LogP contribution is -2.57. The summed E-state index contributed by atoms with van der Waals surface area (Å²) in [5.74, 6) is -2.31. The normalized spacial score (nSPS) is 21.1. The van der Waals surface area contributed by atoms with Gasteiger partial charge in [0.1, 0.15) is 6.54 Å². The number of sulfone groups is 1. The Morgan fingerprint density at radius 3 is 2.59 bits per heavy atom. The fraction of sp³-hybridized carbons (Fsp3) is 0.458. The van der Waals surface area contributed by atoms with Gasteiger partial charge in [-0.2, -0.15) is 13.7 Å². The number of hydrogen-bond acceptors (Lipinski definition) is 9. The van der Waals surface area contributed by atoms with Crippen LogP contribution in [0.25, 0.3) is 0 Å². The second-order valence-corrected chi connectivity index (χ2v) is 13.6. The third-order valence-electron chi connectivity index (χ3n) is 5.99. The van der Waals surface area contributed by atoms with Gasteiger partial charge in [-0.1, -0.05) is 24.2 Å². The molecule has 1 saturated carbocycles. The highest BCUT2D eigenvalue weighted by atomic mass is 32.2. The molecule has 0 aliphatic heterocycles. The van der Waals surface area contributed by atoms with Crippen LogP contribution < -0.4 is 5.32 Å². The lowest BCUT2D eigenvalue weighted by atomic mass is 9.75. The van der Waals surface area contributed by atoms with Crippen molar-refractivity contribution in [1.29, 1.82) is 5.26 Å². The number of thioether (sulfide) groups is 1. The average molecular weight is 570 g/mol. The van der Waals surface area contributed by atoms with Crippen LogP contribution in [0.4, 0.5) is 4.39 Å². The number of nitriles is 1. The highest BCUT2D eigenvalue weighted by molar-refractivity contribution is 7.99. The number of alkyl halides is 1. The third kappa shape index (κ3) is 7.98. The van der Waals surface area contributed by atoms with E-state index in [1.165, 1.54) is 24.3 Å². The molecule has 1 fully saturated rings. The van der Waals surface area contributed by atoms with Crippen LogP contribution in [0, 0.1) is 17.2 Å². The lowest BCUT2D eigenvalue weighted by molar-refractivity contribution is -0.143. The Hall–Kier alpha value is -2.53. The van der Waals surface area contributed by atoms with Gasteiger partial charge in [-0.05, 0) is 55.7 Å². The minimum absolute atomic E-state index is 0.00125. The molecule has 2 aromatic rings. The summed E-state index contributed by atoms with van der Waals surface area (Å²) in [5.41, 5.74) is -2.61. The van der Waals surface area contributed by atoms with E-state index in [-0.39, 0.29) is 30.7 Å². The number of nitrogens with one attached hydrogen (secondary N) is 1. The largest absolute Gasteiger partial charge is 0.340 e. The van der Waals surface area contributed by atoms with Gasteiger partial charge in [0.2, 0.25) is 0 Å². The molecule has 9 nitrogen and oxygen atoms in total. The summed E-state index contributed by atoms with van der Waals surface area (Å²) >= 11 is 0.944. The zero-order valence-electron chi connectivity index (χ0n) is 20.2. The quantitative estimate of drug-likeness (QED) is 0.245. The Morgan fingerprint density at radius 1 is 1.24 bits per heavy atom. The van der Waals surface area contributed by atoms with Gasteiger partial charge in [-0.25, -0.2) is 12.8 Å². The molecule has 3 atom stereocenters. The van der Waals surface area contributed by atoms with Crippen LogP contribution in [0.3, 0.4) is 0 Å². The number of benzene rings is 1. The smallest absolute Gasteiger partial charge is 0.265 e. The predicted molar refractivity (Wildman–Crippen MR) is 136 cm³/mol. The molecular weight excluding hydrogens is 541 g/mol. The summed E-state index contributed by atoms with van der Waals surface area (Å²) in [6.45, 7) is -0.373. The number of hydrogen-bond donors (Lipinski definition) is 1. The Bertz CT molecular complexity index is 1330. The van der Waals surface area contributed by atoms with E-state index in [1.807, 2.05) is 0 Å². The first kappa shape index (κ1) is 29.0. The van der Waals surface area contributed by atoms with Crippen molar-refractivity contribution in [3.8, 4) is 6.07 Å². The minimum atomic E-state index is -4.13. The van der Waals surface area contributed by atoms with E-state index < -0.39 is 48.6 Å². The van der Waals surface area contributed by atoms with Gasteiger partial charge in [0.25, 0.3) is 16.0 Å². The average Bonchev–Trinajstić information content (AvgIpc) is 2.83. The lowest BCUT2D eigenvalue weighted by Gasteiger charge is -2.41. The Morgan fingerprint density at radius 2 is 1.97 bits per heavy atom. The van der Waals surface area contributed by atoms with Crippen molar-refractivity contribution in [1.82, 2.24) is 10.3 Å². The Kier molecular flexibility index (Phi) is 9.68. The number of rotatable bonds is 11. The van der Waals surface area contributed by atoms with Gasteiger partial charge < -0.3 is 5.32 Å². The molecule has 1 aromatic carbocycles. The summed E-state index contributed by atoms with van der Waals surface area (Å²) in [6, 6.07) is 12.7. The van der Waals surface area contributed by atoms with Crippen molar-refractivity contribution in [2.45, 2.75) is 53.0 Å². The Labute approximate surface area is 220 Å². The fourth-order valence-corrected chi connectivity index (χ4v) is 7.77. The molecule has 0 radical (unpaired) electrons. The van der Waals surface area contributed by atoms with E-state index in [0.29, 0.717) is 23.4 Å². The van der Waals surface area contributed by atoms with E-state index in [2.05, 4.69) is 10.3 Å². The maximum absolute atomic E-state index is 14.5. The van der Waals surface area contributed by atoms with Crippen LogP contribution in [0.2, 0.25) is 0 Å². The van der Waals surface area contributed by atoms with Gasteiger partial charge in [-0.15, -0.1) is 0 Å². The second-order valence-electron chi connectivity index (χ2n) is 8.77. The monoisotopic (exact) mass is 569 g/mol. The van der Waals surface area contributed by atoms with Crippen molar-refractivity contribution in [2.24, 2.45) is 5.92 Å². The number of nitrogens with zero attached hydrogens (tertiary/aromatic N) is 2. The number of pyridine rings is 1. The van der Waals surface area contributed by atoms with Crippen molar-refractivity contribution in [3.63, 3.8) is 0 Å². The number of carbonyl (C=O) groups excluding carboxylic acids is 1. The van der Waals surface area contributed by atoms with Crippen LogP contribution >= 0.6 is 11.8 Å². The summed E-state index contributed by atoms with van der Waals surface area (Å²) < 4.78 is 70.4. The standard InChI is InChI=1S/C24H28FN3O6S3/c1-36(30,31)34-24(23(29)28-15-13-26)12-4-2-6-18(24)17-37(32,33)21-10-8-20(9-11-21)35-22(25)16-19-7-3-5-14-27-19/h3,5,7-11,14,18,22H,2,4,6,12,15-17H2,1H3,(H,28,29). The summed E-state index contributed by atoms with van der Waals surface area (Å²) in [6.07, 6.45) is 3.78. The zero-order valence-corrected chi connectivity index (χ0v) is 22.6. The van der Waals surface area contributed by atoms with Crippen LogP contribution in [0.15, 0.2) is 58.5 Å². The van der Waals surface area contributed by atoms with E-state index in [4.69, 9.17) is 9.44 Å². The van der Waals surface area contributed by atoms with Crippen molar-refractivity contribution in [2.75, 3.05) is 18.6 Å². The highest BCUT2D eigenvalue weighted by Gasteiger charge is 2.52. The molecule has 0 bridgehead atoms. The molecule has 1 aliphatic rings. The maximum atomic E-state index is 14.5.